The second-order valence-electron chi connectivity index (χ2n) is 6.75. The minimum Gasteiger partial charge on any atom is -0.342 e. The lowest BCUT2D eigenvalue weighted by atomic mass is 10.3. The van der Waals surface area contributed by atoms with E-state index in [0.29, 0.717) is 19.1 Å². The highest BCUT2D eigenvalue weighted by Gasteiger charge is 2.30. The minimum atomic E-state index is -0.0984. The van der Waals surface area contributed by atoms with E-state index in [9.17, 15) is 9.59 Å². The molecule has 0 spiro atoms. The van der Waals surface area contributed by atoms with Crippen molar-refractivity contribution < 1.29 is 9.59 Å². The standard InChI is InChI=1S/C19H26N6O2S/c1-4-24(5-2)16(26)12-23(3)17(27)13-28-19-22-21-18(25(19)15-8-9-15)14-7-6-10-20-11-14/h6-7,10-11,15H,4-5,8-9,12-13H2,1-3H3. The van der Waals surface area contributed by atoms with Crippen LogP contribution in [0.25, 0.3) is 11.4 Å². The molecular weight excluding hydrogens is 376 g/mol. The van der Waals surface area contributed by atoms with Crippen molar-refractivity contribution in [2.45, 2.75) is 37.9 Å². The van der Waals surface area contributed by atoms with Crippen LogP contribution < -0.4 is 0 Å². The Morgan fingerprint density at radius 2 is 1.96 bits per heavy atom. The monoisotopic (exact) mass is 402 g/mol. The van der Waals surface area contributed by atoms with E-state index in [-0.39, 0.29) is 24.1 Å². The van der Waals surface area contributed by atoms with E-state index in [1.807, 2.05) is 26.0 Å². The quantitative estimate of drug-likeness (QED) is 0.597. The maximum Gasteiger partial charge on any atom is 0.242 e. The van der Waals surface area contributed by atoms with E-state index in [1.165, 1.54) is 16.7 Å². The summed E-state index contributed by atoms with van der Waals surface area (Å²) >= 11 is 1.37. The van der Waals surface area contributed by atoms with Gasteiger partial charge in [0.05, 0.1) is 12.3 Å². The van der Waals surface area contributed by atoms with Crippen molar-refractivity contribution >= 4 is 23.6 Å². The lowest BCUT2D eigenvalue weighted by Gasteiger charge is -2.23. The summed E-state index contributed by atoms with van der Waals surface area (Å²) in [7, 11) is 1.66. The predicted octanol–water partition coefficient (Wildman–Crippen LogP) is 2.09. The predicted molar refractivity (Wildman–Crippen MR) is 108 cm³/mol. The number of nitrogens with zero attached hydrogens (tertiary/aromatic N) is 6. The van der Waals surface area contributed by atoms with Crippen LogP contribution in [0.15, 0.2) is 29.7 Å². The summed E-state index contributed by atoms with van der Waals surface area (Å²) in [5.74, 6) is 0.875. The highest BCUT2D eigenvalue weighted by atomic mass is 32.2. The molecule has 9 heteroatoms. The molecule has 2 aromatic rings. The first kappa shape index (κ1) is 20.3. The SMILES string of the molecule is CCN(CC)C(=O)CN(C)C(=O)CSc1nnc(-c2cccnc2)n1C1CC1. The van der Waals surface area contributed by atoms with Crippen molar-refractivity contribution in [2.24, 2.45) is 0 Å². The van der Waals surface area contributed by atoms with Gasteiger partial charge in [0.25, 0.3) is 0 Å². The van der Waals surface area contributed by atoms with E-state index < -0.39 is 0 Å². The zero-order valence-corrected chi connectivity index (χ0v) is 17.4. The topological polar surface area (TPSA) is 84.2 Å². The van der Waals surface area contributed by atoms with Crippen LogP contribution in [-0.4, -0.2) is 73.8 Å². The van der Waals surface area contributed by atoms with Crippen LogP contribution in [0.3, 0.4) is 0 Å². The van der Waals surface area contributed by atoms with E-state index in [4.69, 9.17) is 0 Å². The number of amides is 2. The molecule has 0 saturated heterocycles. The maximum absolute atomic E-state index is 12.5. The fraction of sp³-hybridized carbons (Fsp3) is 0.526. The van der Waals surface area contributed by atoms with Gasteiger partial charge in [0.1, 0.15) is 0 Å². The Balaban J connectivity index is 1.64. The van der Waals surface area contributed by atoms with Crippen molar-refractivity contribution in [3.63, 3.8) is 0 Å². The molecule has 2 amide bonds. The summed E-state index contributed by atoms with van der Waals surface area (Å²) in [5, 5.41) is 9.37. The molecule has 2 heterocycles. The Morgan fingerprint density at radius 3 is 2.57 bits per heavy atom. The summed E-state index contributed by atoms with van der Waals surface area (Å²) in [6.07, 6.45) is 5.68. The fourth-order valence-corrected chi connectivity index (χ4v) is 3.88. The molecule has 2 aromatic heterocycles. The summed E-state index contributed by atoms with van der Waals surface area (Å²) in [5.41, 5.74) is 0.919. The van der Waals surface area contributed by atoms with E-state index in [1.54, 1.807) is 24.3 Å². The van der Waals surface area contributed by atoms with Gasteiger partial charge in [0.2, 0.25) is 11.8 Å². The van der Waals surface area contributed by atoms with Gasteiger partial charge in [-0.3, -0.25) is 19.1 Å². The average Bonchev–Trinajstić information content (AvgIpc) is 3.46. The number of aromatic nitrogens is 4. The number of hydrogen-bond donors (Lipinski definition) is 0. The highest BCUT2D eigenvalue weighted by molar-refractivity contribution is 7.99. The number of hydrogen-bond acceptors (Lipinski definition) is 6. The van der Waals surface area contributed by atoms with Gasteiger partial charge < -0.3 is 9.80 Å². The van der Waals surface area contributed by atoms with Gasteiger partial charge in [-0.2, -0.15) is 0 Å². The zero-order chi connectivity index (χ0) is 20.1. The third-order valence-electron chi connectivity index (χ3n) is 4.74. The number of rotatable bonds is 9. The molecule has 0 radical (unpaired) electrons. The molecule has 0 bridgehead atoms. The molecule has 0 atom stereocenters. The van der Waals surface area contributed by atoms with E-state index in [2.05, 4.69) is 19.7 Å². The molecule has 1 aliphatic rings. The molecular formula is C19H26N6O2S. The van der Waals surface area contributed by atoms with Crippen LogP contribution in [0.4, 0.5) is 0 Å². The van der Waals surface area contributed by atoms with Crippen LogP contribution in [0, 0.1) is 0 Å². The normalized spacial score (nSPS) is 13.4. The first-order chi connectivity index (χ1) is 13.5. The average molecular weight is 403 g/mol. The van der Waals surface area contributed by atoms with Gasteiger partial charge in [-0.1, -0.05) is 11.8 Å². The number of carbonyl (C=O) groups is 2. The lowest BCUT2D eigenvalue weighted by Crippen LogP contribution is -2.41. The molecule has 0 unspecified atom stereocenters. The molecule has 0 aliphatic heterocycles. The molecule has 0 aromatic carbocycles. The lowest BCUT2D eigenvalue weighted by molar-refractivity contribution is -0.137. The highest BCUT2D eigenvalue weighted by Crippen LogP contribution is 2.40. The van der Waals surface area contributed by atoms with E-state index >= 15 is 0 Å². The van der Waals surface area contributed by atoms with Crippen LogP contribution in [0.5, 0.6) is 0 Å². The van der Waals surface area contributed by atoms with E-state index in [0.717, 1.165) is 29.4 Å². The van der Waals surface area contributed by atoms with Crippen molar-refractivity contribution in [1.29, 1.82) is 0 Å². The molecule has 3 rings (SSSR count). The molecule has 1 saturated carbocycles. The molecule has 150 valence electrons. The Kier molecular flexibility index (Phi) is 6.66. The molecule has 1 aliphatic carbocycles. The third kappa shape index (κ3) is 4.70. The van der Waals surface area contributed by atoms with Crippen molar-refractivity contribution in [2.75, 3.05) is 32.4 Å². The van der Waals surface area contributed by atoms with Gasteiger partial charge >= 0.3 is 0 Å². The second-order valence-corrected chi connectivity index (χ2v) is 7.70. The minimum absolute atomic E-state index is 0.0362. The fourth-order valence-electron chi connectivity index (χ4n) is 2.93. The first-order valence-electron chi connectivity index (χ1n) is 9.55. The summed E-state index contributed by atoms with van der Waals surface area (Å²) < 4.78 is 2.11. The number of thioether (sulfide) groups is 1. The Morgan fingerprint density at radius 1 is 1.21 bits per heavy atom. The van der Waals surface area contributed by atoms with Crippen molar-refractivity contribution in [3.05, 3.63) is 24.5 Å². The van der Waals surface area contributed by atoms with Gasteiger partial charge in [-0.25, -0.2) is 0 Å². The molecule has 28 heavy (non-hydrogen) atoms. The number of pyridine rings is 1. The van der Waals surface area contributed by atoms with Gasteiger partial charge in [0, 0.05) is 44.1 Å². The Bertz CT molecular complexity index is 817. The first-order valence-corrected chi connectivity index (χ1v) is 10.5. The van der Waals surface area contributed by atoms with Gasteiger partial charge in [-0.05, 0) is 38.8 Å². The Labute approximate surface area is 169 Å². The van der Waals surface area contributed by atoms with Crippen LogP contribution in [0.1, 0.15) is 32.7 Å². The third-order valence-corrected chi connectivity index (χ3v) is 5.66. The molecule has 1 fully saturated rings. The number of likely N-dealkylation sites (N-methyl/N-ethyl adjacent to an activating group) is 2. The van der Waals surface area contributed by atoms with Gasteiger partial charge in [-0.15, -0.1) is 10.2 Å². The van der Waals surface area contributed by atoms with Crippen LogP contribution >= 0.6 is 11.8 Å². The maximum atomic E-state index is 12.5. The largest absolute Gasteiger partial charge is 0.342 e. The zero-order valence-electron chi connectivity index (χ0n) is 16.5. The van der Waals surface area contributed by atoms with Crippen LogP contribution in [0.2, 0.25) is 0 Å². The van der Waals surface area contributed by atoms with Crippen LogP contribution in [-0.2, 0) is 9.59 Å². The summed E-state index contributed by atoms with van der Waals surface area (Å²) in [4.78, 5) is 32.1. The number of carbonyl (C=O) groups excluding carboxylic acids is 2. The van der Waals surface area contributed by atoms with Crippen molar-refractivity contribution in [3.8, 4) is 11.4 Å². The summed E-state index contributed by atoms with van der Waals surface area (Å²) in [6.45, 7) is 5.26. The molecule has 8 nitrogen and oxygen atoms in total. The van der Waals surface area contributed by atoms with Crippen molar-refractivity contribution in [1.82, 2.24) is 29.5 Å². The van der Waals surface area contributed by atoms with Gasteiger partial charge in [0.15, 0.2) is 11.0 Å². The molecule has 0 N–H and O–H groups in total. The smallest absolute Gasteiger partial charge is 0.242 e. The second kappa shape index (κ2) is 9.18. The summed E-state index contributed by atoms with van der Waals surface area (Å²) in [6, 6.07) is 4.21. The Hall–Kier alpha value is -2.42.